The Labute approximate surface area is 156 Å². The normalized spacial score (nSPS) is 12.3. The second kappa shape index (κ2) is 10.9. The lowest BCUT2D eigenvalue weighted by molar-refractivity contribution is 0.304. The first-order valence-corrected chi connectivity index (χ1v) is 9.45. The molecule has 0 fully saturated rings. The Kier molecular flexibility index (Phi) is 8.59. The van der Waals surface area contributed by atoms with E-state index >= 15 is 0 Å². The van der Waals surface area contributed by atoms with Crippen LogP contribution in [0.5, 0.6) is 5.75 Å². The number of hydrogen-bond acceptors (Lipinski definition) is 3. The van der Waals surface area contributed by atoms with E-state index in [0.717, 1.165) is 30.6 Å². The minimum absolute atomic E-state index is 0.00493. The standard InChI is InChI=1S/C22H31FN2O/c1-17(2)8-10-25-11-9-21(24)13-19-12-20(23)15-22(14-19)26-16-18-6-4-3-5-7-18/h3-7,12,14-15,17,21,25H,8-11,13,16,24H2,1-2H3. The van der Waals surface area contributed by atoms with Gasteiger partial charge in [0.1, 0.15) is 18.2 Å². The summed E-state index contributed by atoms with van der Waals surface area (Å²) in [5, 5.41) is 3.42. The van der Waals surface area contributed by atoms with Gasteiger partial charge in [0.25, 0.3) is 0 Å². The third kappa shape index (κ3) is 7.98. The van der Waals surface area contributed by atoms with Crippen molar-refractivity contribution < 1.29 is 9.13 Å². The van der Waals surface area contributed by atoms with Crippen LogP contribution in [-0.2, 0) is 13.0 Å². The molecule has 0 bridgehead atoms. The number of nitrogens with two attached hydrogens (primary N) is 1. The number of hydrogen-bond donors (Lipinski definition) is 2. The van der Waals surface area contributed by atoms with E-state index in [-0.39, 0.29) is 11.9 Å². The molecule has 0 aliphatic rings. The fourth-order valence-electron chi connectivity index (χ4n) is 2.77. The van der Waals surface area contributed by atoms with Gasteiger partial charge in [0.05, 0.1) is 0 Å². The number of halogens is 1. The van der Waals surface area contributed by atoms with Gasteiger partial charge in [-0.15, -0.1) is 0 Å². The molecule has 0 aromatic heterocycles. The Bertz CT molecular complexity index is 646. The first-order chi connectivity index (χ1) is 12.5. The highest BCUT2D eigenvalue weighted by Gasteiger charge is 2.08. The van der Waals surface area contributed by atoms with Gasteiger partial charge in [-0.2, -0.15) is 0 Å². The predicted molar refractivity (Wildman–Crippen MR) is 106 cm³/mol. The Balaban J connectivity index is 1.80. The Morgan fingerprint density at radius 1 is 1.00 bits per heavy atom. The molecule has 2 aromatic rings. The summed E-state index contributed by atoms with van der Waals surface area (Å²) in [4.78, 5) is 0. The summed E-state index contributed by atoms with van der Waals surface area (Å²) in [7, 11) is 0. The molecule has 0 aliphatic heterocycles. The van der Waals surface area contributed by atoms with Crippen molar-refractivity contribution in [1.29, 1.82) is 0 Å². The molecule has 3 N–H and O–H groups in total. The van der Waals surface area contributed by atoms with Crippen LogP contribution in [0.3, 0.4) is 0 Å². The summed E-state index contributed by atoms with van der Waals surface area (Å²) in [6.45, 7) is 6.77. The topological polar surface area (TPSA) is 47.3 Å². The number of nitrogens with one attached hydrogen (secondary N) is 1. The van der Waals surface area contributed by atoms with Gasteiger partial charge in [-0.25, -0.2) is 4.39 Å². The van der Waals surface area contributed by atoms with Crippen LogP contribution >= 0.6 is 0 Å². The summed E-state index contributed by atoms with van der Waals surface area (Å²) in [5.74, 6) is 0.969. The molecule has 0 heterocycles. The molecule has 0 saturated carbocycles. The third-order valence-corrected chi connectivity index (χ3v) is 4.27. The fourth-order valence-corrected chi connectivity index (χ4v) is 2.77. The molecule has 1 atom stereocenters. The van der Waals surface area contributed by atoms with Crippen molar-refractivity contribution >= 4 is 0 Å². The van der Waals surface area contributed by atoms with Gasteiger partial charge in [0.15, 0.2) is 0 Å². The van der Waals surface area contributed by atoms with Gasteiger partial charge in [-0.1, -0.05) is 44.2 Å². The Morgan fingerprint density at radius 3 is 2.46 bits per heavy atom. The lowest BCUT2D eigenvalue weighted by Crippen LogP contribution is -2.29. The van der Waals surface area contributed by atoms with Crippen molar-refractivity contribution in [1.82, 2.24) is 5.32 Å². The second-order valence-corrected chi connectivity index (χ2v) is 7.25. The van der Waals surface area contributed by atoms with Gasteiger partial charge in [-0.05, 0) is 61.5 Å². The molecule has 4 heteroatoms. The minimum atomic E-state index is -0.284. The molecule has 0 amide bonds. The summed E-state index contributed by atoms with van der Waals surface area (Å²) >= 11 is 0. The number of benzene rings is 2. The van der Waals surface area contributed by atoms with Crippen molar-refractivity contribution in [3.05, 3.63) is 65.5 Å². The predicted octanol–water partition coefficient (Wildman–Crippen LogP) is 4.30. The van der Waals surface area contributed by atoms with Crippen molar-refractivity contribution in [2.75, 3.05) is 13.1 Å². The van der Waals surface area contributed by atoms with Gasteiger partial charge in [0, 0.05) is 12.1 Å². The van der Waals surface area contributed by atoms with Crippen LogP contribution in [0.2, 0.25) is 0 Å². The van der Waals surface area contributed by atoms with Crippen LogP contribution in [0.1, 0.15) is 37.8 Å². The van der Waals surface area contributed by atoms with E-state index in [2.05, 4.69) is 19.2 Å². The van der Waals surface area contributed by atoms with E-state index < -0.39 is 0 Å². The van der Waals surface area contributed by atoms with E-state index in [4.69, 9.17) is 10.5 Å². The molecule has 1 unspecified atom stereocenters. The zero-order valence-electron chi connectivity index (χ0n) is 15.9. The molecule has 0 spiro atoms. The molecule has 2 aromatic carbocycles. The lowest BCUT2D eigenvalue weighted by Gasteiger charge is -2.14. The van der Waals surface area contributed by atoms with Gasteiger partial charge < -0.3 is 15.8 Å². The Hall–Kier alpha value is -1.91. The van der Waals surface area contributed by atoms with Gasteiger partial charge in [-0.3, -0.25) is 0 Å². The average molecular weight is 359 g/mol. The molecule has 142 valence electrons. The van der Waals surface area contributed by atoms with E-state index in [1.165, 1.54) is 12.5 Å². The van der Waals surface area contributed by atoms with Crippen LogP contribution in [0, 0.1) is 11.7 Å². The van der Waals surface area contributed by atoms with E-state index in [1.54, 1.807) is 6.07 Å². The van der Waals surface area contributed by atoms with Crippen LogP contribution < -0.4 is 15.8 Å². The summed E-state index contributed by atoms with van der Waals surface area (Å²) in [6, 6.07) is 14.7. The van der Waals surface area contributed by atoms with E-state index in [0.29, 0.717) is 24.7 Å². The highest BCUT2D eigenvalue weighted by Crippen LogP contribution is 2.19. The maximum absolute atomic E-state index is 13.9. The lowest BCUT2D eigenvalue weighted by atomic mass is 10.0. The number of ether oxygens (including phenoxy) is 1. The van der Waals surface area contributed by atoms with Crippen LogP contribution in [0.4, 0.5) is 4.39 Å². The summed E-state index contributed by atoms with van der Waals surface area (Å²) in [6.07, 6.45) is 2.68. The zero-order valence-corrected chi connectivity index (χ0v) is 15.9. The minimum Gasteiger partial charge on any atom is -0.489 e. The molecule has 0 saturated heterocycles. The molecule has 3 nitrogen and oxygen atoms in total. The summed E-state index contributed by atoms with van der Waals surface area (Å²) < 4.78 is 19.6. The van der Waals surface area contributed by atoms with Gasteiger partial charge >= 0.3 is 0 Å². The van der Waals surface area contributed by atoms with Crippen molar-refractivity contribution in [2.45, 2.75) is 45.8 Å². The Morgan fingerprint density at radius 2 is 1.73 bits per heavy atom. The second-order valence-electron chi connectivity index (χ2n) is 7.25. The van der Waals surface area contributed by atoms with E-state index in [9.17, 15) is 4.39 Å². The van der Waals surface area contributed by atoms with Gasteiger partial charge in [0.2, 0.25) is 0 Å². The average Bonchev–Trinajstić information content (AvgIpc) is 2.60. The number of rotatable bonds is 11. The van der Waals surface area contributed by atoms with Crippen LogP contribution in [0.15, 0.2) is 48.5 Å². The quantitative estimate of drug-likeness (QED) is 0.589. The monoisotopic (exact) mass is 358 g/mol. The molecule has 0 radical (unpaired) electrons. The largest absolute Gasteiger partial charge is 0.489 e. The van der Waals surface area contributed by atoms with Crippen molar-refractivity contribution in [3.63, 3.8) is 0 Å². The maximum Gasteiger partial charge on any atom is 0.127 e. The highest BCUT2D eigenvalue weighted by molar-refractivity contribution is 5.30. The smallest absolute Gasteiger partial charge is 0.127 e. The highest BCUT2D eigenvalue weighted by atomic mass is 19.1. The molecule has 0 aliphatic carbocycles. The van der Waals surface area contributed by atoms with E-state index in [1.807, 2.05) is 36.4 Å². The molecular weight excluding hydrogens is 327 g/mol. The molecule has 2 rings (SSSR count). The summed E-state index contributed by atoms with van der Waals surface area (Å²) in [5.41, 5.74) is 8.15. The van der Waals surface area contributed by atoms with Crippen molar-refractivity contribution in [3.8, 4) is 5.75 Å². The SMILES string of the molecule is CC(C)CCNCCC(N)Cc1cc(F)cc(OCc2ccccc2)c1. The van der Waals surface area contributed by atoms with Crippen LogP contribution in [-0.4, -0.2) is 19.1 Å². The third-order valence-electron chi connectivity index (χ3n) is 4.27. The first-order valence-electron chi connectivity index (χ1n) is 9.45. The molecular formula is C22H31FN2O. The first kappa shape index (κ1) is 20.4. The zero-order chi connectivity index (χ0) is 18.8. The molecule has 26 heavy (non-hydrogen) atoms. The van der Waals surface area contributed by atoms with Crippen molar-refractivity contribution in [2.24, 2.45) is 11.7 Å². The fraction of sp³-hybridized carbons (Fsp3) is 0.455. The maximum atomic E-state index is 13.9. The van der Waals surface area contributed by atoms with Crippen LogP contribution in [0.25, 0.3) is 0 Å².